The lowest BCUT2D eigenvalue weighted by Gasteiger charge is -2.46. The fourth-order valence-electron chi connectivity index (χ4n) is 6.17. The van der Waals surface area contributed by atoms with Crippen LogP contribution in [0.1, 0.15) is 64.9 Å². The number of piperidine rings is 1. The van der Waals surface area contributed by atoms with Gasteiger partial charge in [0.25, 0.3) is 0 Å². The molecular weight excluding hydrogens is 467 g/mol. The Hall–Kier alpha value is -2.93. The minimum Gasteiger partial charge on any atom is -0.491 e. The van der Waals surface area contributed by atoms with E-state index in [4.69, 9.17) is 4.74 Å². The molecule has 2 aromatic rings. The van der Waals surface area contributed by atoms with Gasteiger partial charge in [-0.2, -0.15) is 4.99 Å². The normalized spacial score (nSPS) is 24.0. The summed E-state index contributed by atoms with van der Waals surface area (Å²) in [6.45, 7) is 8.80. The first-order chi connectivity index (χ1) is 17.8. The van der Waals surface area contributed by atoms with E-state index in [-0.39, 0.29) is 18.0 Å². The first-order valence-electron chi connectivity index (χ1n) is 13.8. The molecule has 2 heterocycles. The third kappa shape index (κ3) is 5.52. The Balaban J connectivity index is 1.37. The van der Waals surface area contributed by atoms with Gasteiger partial charge in [0.1, 0.15) is 22.9 Å². The molecule has 5 rings (SSSR count). The number of nitrogens with one attached hydrogen (secondary N) is 1. The van der Waals surface area contributed by atoms with E-state index in [0.29, 0.717) is 17.6 Å². The molecule has 1 spiro atoms. The molecule has 1 saturated heterocycles. The Morgan fingerprint density at radius 2 is 1.86 bits per heavy atom. The van der Waals surface area contributed by atoms with E-state index in [1.165, 1.54) is 37.0 Å². The molecule has 198 valence electrons. The quantitative estimate of drug-likeness (QED) is 0.510. The summed E-state index contributed by atoms with van der Waals surface area (Å²) in [6.07, 6.45) is 6.34. The smallest absolute Gasteiger partial charge is 0.350 e. The van der Waals surface area contributed by atoms with Gasteiger partial charge in [0.05, 0.1) is 6.10 Å². The average Bonchev–Trinajstić information content (AvgIpc) is 3.12. The molecule has 6 nitrogen and oxygen atoms in total. The van der Waals surface area contributed by atoms with E-state index in [2.05, 4.69) is 34.3 Å². The number of nitrogens with zero attached hydrogens (tertiary/aromatic N) is 3. The standard InChI is InChI=1S/C30H39FN4O2/c1-21(2)37-26-12-6-9-23(18-26)20-34-16-14-30(15-17-34)28(32-27-13-5-4-8-22(27)3)33-29(36)35(30)25-11-7-10-24(31)19-25/h6-7,9-12,18-19,21-22,27H,4-5,8,13-17,20H2,1-3H3,(H,32,33,36)/t22-,27+/m0/s1. The van der Waals surface area contributed by atoms with Crippen molar-refractivity contribution in [2.75, 3.05) is 18.0 Å². The number of anilines is 1. The molecule has 2 aromatic carbocycles. The topological polar surface area (TPSA) is 57.2 Å². The first kappa shape index (κ1) is 25.7. The monoisotopic (exact) mass is 506 g/mol. The number of likely N-dealkylation sites (tertiary alicyclic amines) is 1. The summed E-state index contributed by atoms with van der Waals surface area (Å²) in [5.74, 6) is 1.85. The highest BCUT2D eigenvalue weighted by Crippen LogP contribution is 2.40. The molecule has 2 aliphatic heterocycles. The largest absolute Gasteiger partial charge is 0.491 e. The molecule has 37 heavy (non-hydrogen) atoms. The maximum atomic E-state index is 14.2. The molecule has 0 bridgehead atoms. The highest BCUT2D eigenvalue weighted by atomic mass is 19.1. The summed E-state index contributed by atoms with van der Waals surface area (Å²) < 4.78 is 20.1. The summed E-state index contributed by atoms with van der Waals surface area (Å²) in [7, 11) is 0. The van der Waals surface area contributed by atoms with Gasteiger partial charge in [-0.3, -0.25) is 9.80 Å². The Morgan fingerprint density at radius 1 is 1.11 bits per heavy atom. The number of amides is 2. The number of ether oxygens (including phenoxy) is 1. The van der Waals surface area contributed by atoms with Crippen LogP contribution in [0.3, 0.4) is 0 Å². The maximum Gasteiger partial charge on any atom is 0.350 e. The molecule has 0 aromatic heterocycles. The van der Waals surface area contributed by atoms with Gasteiger partial charge in [0.15, 0.2) is 0 Å². The van der Waals surface area contributed by atoms with Gasteiger partial charge in [-0.05, 0) is 81.3 Å². The van der Waals surface area contributed by atoms with Crippen LogP contribution < -0.4 is 15.0 Å². The molecule has 2 atom stereocenters. The summed E-state index contributed by atoms with van der Waals surface area (Å²) in [5, 5.41) is 3.72. The van der Waals surface area contributed by atoms with Gasteiger partial charge in [-0.1, -0.05) is 38.0 Å². The second-order valence-electron chi connectivity index (χ2n) is 11.2. The van der Waals surface area contributed by atoms with Crippen LogP contribution >= 0.6 is 0 Å². The van der Waals surface area contributed by atoms with Crippen LogP contribution in [0.2, 0.25) is 0 Å². The molecule has 1 aliphatic carbocycles. The van der Waals surface area contributed by atoms with Gasteiger partial charge in [-0.25, -0.2) is 9.18 Å². The van der Waals surface area contributed by atoms with Crippen LogP contribution in [0.4, 0.5) is 14.9 Å². The van der Waals surface area contributed by atoms with E-state index in [9.17, 15) is 9.18 Å². The third-order valence-corrected chi connectivity index (χ3v) is 8.13. The Morgan fingerprint density at radius 3 is 2.59 bits per heavy atom. The van der Waals surface area contributed by atoms with Crippen LogP contribution in [-0.2, 0) is 6.54 Å². The number of hydrogen-bond acceptors (Lipinski definition) is 4. The van der Waals surface area contributed by atoms with Crippen molar-refractivity contribution < 1.29 is 13.9 Å². The third-order valence-electron chi connectivity index (χ3n) is 8.13. The first-order valence-corrected chi connectivity index (χ1v) is 13.8. The second-order valence-corrected chi connectivity index (χ2v) is 11.2. The summed E-state index contributed by atoms with van der Waals surface area (Å²) >= 11 is 0. The minimum atomic E-state index is -0.582. The zero-order valence-electron chi connectivity index (χ0n) is 22.3. The van der Waals surface area contributed by atoms with Crippen molar-refractivity contribution in [3.05, 3.63) is 59.9 Å². The number of hydrogen-bond donors (Lipinski definition) is 1. The summed E-state index contributed by atoms with van der Waals surface area (Å²) in [4.78, 5) is 22.1. The van der Waals surface area contributed by atoms with Crippen molar-refractivity contribution in [1.82, 2.24) is 10.2 Å². The molecule has 2 fully saturated rings. The van der Waals surface area contributed by atoms with Gasteiger partial charge in [0, 0.05) is 31.4 Å². The van der Waals surface area contributed by atoms with Crippen molar-refractivity contribution in [2.45, 2.75) is 83.5 Å². The molecule has 0 unspecified atom stereocenters. The zero-order valence-corrected chi connectivity index (χ0v) is 22.3. The van der Waals surface area contributed by atoms with Crippen molar-refractivity contribution in [3.63, 3.8) is 0 Å². The van der Waals surface area contributed by atoms with E-state index in [1.54, 1.807) is 11.0 Å². The fraction of sp³-hybridized carbons (Fsp3) is 0.533. The molecular formula is C30H39FN4O2. The van der Waals surface area contributed by atoms with Crippen molar-refractivity contribution in [2.24, 2.45) is 10.9 Å². The van der Waals surface area contributed by atoms with Crippen molar-refractivity contribution in [1.29, 1.82) is 0 Å². The number of aliphatic imine (C=N–C) groups is 1. The van der Waals surface area contributed by atoms with E-state index in [1.807, 2.05) is 32.0 Å². The highest BCUT2D eigenvalue weighted by Gasteiger charge is 2.52. The Labute approximate surface area is 219 Å². The summed E-state index contributed by atoms with van der Waals surface area (Å²) in [5.41, 5.74) is 1.21. The maximum absolute atomic E-state index is 14.2. The van der Waals surface area contributed by atoms with Crippen LogP contribution in [-0.4, -0.2) is 47.5 Å². The predicted octanol–water partition coefficient (Wildman–Crippen LogP) is 6.15. The van der Waals surface area contributed by atoms with Gasteiger partial charge in [0.2, 0.25) is 0 Å². The molecule has 0 radical (unpaired) electrons. The Kier molecular flexibility index (Phi) is 7.52. The average molecular weight is 507 g/mol. The lowest BCUT2D eigenvalue weighted by molar-refractivity contribution is 0.180. The number of rotatable bonds is 6. The molecule has 1 N–H and O–H groups in total. The Bertz CT molecular complexity index is 1140. The van der Waals surface area contributed by atoms with E-state index in [0.717, 1.165) is 50.5 Å². The minimum absolute atomic E-state index is 0.135. The number of amidine groups is 1. The number of benzene rings is 2. The van der Waals surface area contributed by atoms with Gasteiger partial charge < -0.3 is 10.1 Å². The second kappa shape index (κ2) is 10.8. The molecule has 7 heteroatoms. The van der Waals surface area contributed by atoms with E-state index >= 15 is 0 Å². The SMILES string of the molecule is CC(C)Oc1cccc(CN2CCC3(CC2)C(N[C@@H]2CCCC[C@@H]2C)=NC(=O)N3c2cccc(F)c2)c1. The van der Waals surface area contributed by atoms with E-state index < -0.39 is 5.54 Å². The van der Waals surface area contributed by atoms with Gasteiger partial charge >= 0.3 is 6.03 Å². The zero-order chi connectivity index (χ0) is 26.0. The van der Waals surface area contributed by atoms with Crippen molar-refractivity contribution >= 4 is 17.6 Å². The van der Waals surface area contributed by atoms with Crippen LogP contribution in [0.15, 0.2) is 53.5 Å². The lowest BCUT2D eigenvalue weighted by atomic mass is 9.82. The van der Waals surface area contributed by atoms with Crippen molar-refractivity contribution in [3.8, 4) is 5.75 Å². The number of carbonyl (C=O) groups is 1. The van der Waals surface area contributed by atoms with Crippen LogP contribution in [0.25, 0.3) is 0 Å². The number of carbonyl (C=O) groups excluding carboxylic acids is 1. The van der Waals surface area contributed by atoms with Crippen LogP contribution in [0, 0.1) is 11.7 Å². The fourth-order valence-corrected chi connectivity index (χ4v) is 6.17. The molecule has 2 amide bonds. The van der Waals surface area contributed by atoms with Crippen LogP contribution in [0.5, 0.6) is 5.75 Å². The van der Waals surface area contributed by atoms with Gasteiger partial charge in [-0.15, -0.1) is 0 Å². The molecule has 1 saturated carbocycles. The number of halogens is 1. The predicted molar refractivity (Wildman–Crippen MR) is 146 cm³/mol. The summed E-state index contributed by atoms with van der Waals surface area (Å²) in [6, 6.07) is 14.6. The molecule has 3 aliphatic rings. The number of urea groups is 1. The highest BCUT2D eigenvalue weighted by molar-refractivity contribution is 6.16. The lowest BCUT2D eigenvalue weighted by Crippen LogP contribution is -2.62.